The summed E-state index contributed by atoms with van der Waals surface area (Å²) < 4.78 is 1.74. The van der Waals surface area contributed by atoms with Crippen molar-refractivity contribution in [1.29, 1.82) is 0 Å². The molecule has 0 radical (unpaired) electrons. The minimum atomic E-state index is 0.00299. The number of hydrogen-bond donors (Lipinski definition) is 0. The second-order valence-corrected chi connectivity index (χ2v) is 6.04. The third-order valence-electron chi connectivity index (χ3n) is 2.77. The Morgan fingerprint density at radius 3 is 2.42 bits per heavy atom. The highest BCUT2D eigenvalue weighted by molar-refractivity contribution is 9.11. The summed E-state index contributed by atoms with van der Waals surface area (Å²) in [4.78, 5) is 14.1. The van der Waals surface area contributed by atoms with E-state index in [1.807, 2.05) is 55.6 Å². The third kappa shape index (κ3) is 3.67. The van der Waals surface area contributed by atoms with Gasteiger partial charge in [0.1, 0.15) is 0 Å². The highest BCUT2D eigenvalue weighted by Gasteiger charge is 2.15. The number of rotatable bonds is 3. The zero-order valence-electron chi connectivity index (χ0n) is 10.4. The van der Waals surface area contributed by atoms with Crippen LogP contribution in [0.5, 0.6) is 0 Å². The molecule has 2 aromatic rings. The molecule has 2 nitrogen and oxygen atoms in total. The van der Waals surface area contributed by atoms with Crippen molar-refractivity contribution in [1.82, 2.24) is 4.90 Å². The highest BCUT2D eigenvalue weighted by atomic mass is 79.9. The summed E-state index contributed by atoms with van der Waals surface area (Å²) >= 11 is 6.81. The fourth-order valence-corrected chi connectivity index (χ4v) is 3.01. The number of benzene rings is 2. The Hall–Kier alpha value is -1.13. The van der Waals surface area contributed by atoms with Crippen LogP contribution in [-0.4, -0.2) is 17.9 Å². The zero-order valence-corrected chi connectivity index (χ0v) is 13.6. The normalized spacial score (nSPS) is 10.3. The molecular formula is C15H13Br2NO. The average Bonchev–Trinajstić information content (AvgIpc) is 2.39. The first-order valence-electron chi connectivity index (χ1n) is 5.82. The van der Waals surface area contributed by atoms with Crippen molar-refractivity contribution in [2.24, 2.45) is 0 Å². The molecule has 0 atom stereocenters. The Balaban J connectivity index is 2.15. The van der Waals surface area contributed by atoms with Crippen LogP contribution in [0.1, 0.15) is 15.9 Å². The molecule has 1 amide bonds. The van der Waals surface area contributed by atoms with Gasteiger partial charge in [-0.1, -0.05) is 46.3 Å². The van der Waals surface area contributed by atoms with Crippen LogP contribution < -0.4 is 0 Å². The summed E-state index contributed by atoms with van der Waals surface area (Å²) in [6, 6.07) is 15.5. The van der Waals surface area contributed by atoms with Crippen LogP contribution in [0.2, 0.25) is 0 Å². The van der Waals surface area contributed by atoms with Crippen molar-refractivity contribution < 1.29 is 4.79 Å². The largest absolute Gasteiger partial charge is 0.337 e. The van der Waals surface area contributed by atoms with Gasteiger partial charge in [-0.25, -0.2) is 0 Å². The van der Waals surface area contributed by atoms with Crippen LogP contribution in [0.25, 0.3) is 0 Å². The topological polar surface area (TPSA) is 20.3 Å². The molecule has 0 saturated carbocycles. The maximum absolute atomic E-state index is 12.4. The smallest absolute Gasteiger partial charge is 0.255 e. The summed E-state index contributed by atoms with van der Waals surface area (Å²) in [7, 11) is 1.81. The summed E-state index contributed by atoms with van der Waals surface area (Å²) in [5, 5.41) is 0. The zero-order chi connectivity index (χ0) is 13.8. The van der Waals surface area contributed by atoms with Crippen LogP contribution in [0.4, 0.5) is 0 Å². The van der Waals surface area contributed by atoms with Crippen molar-refractivity contribution in [2.75, 3.05) is 7.05 Å². The number of halogens is 2. The molecule has 0 saturated heterocycles. The second-order valence-electron chi connectivity index (χ2n) is 4.27. The molecule has 0 spiro atoms. The van der Waals surface area contributed by atoms with E-state index < -0.39 is 0 Å². The third-order valence-corrected chi connectivity index (χ3v) is 3.92. The van der Waals surface area contributed by atoms with E-state index in [-0.39, 0.29) is 5.91 Å². The van der Waals surface area contributed by atoms with Crippen molar-refractivity contribution >= 4 is 37.8 Å². The maximum atomic E-state index is 12.4. The predicted octanol–water partition coefficient (Wildman–Crippen LogP) is 4.48. The van der Waals surface area contributed by atoms with Gasteiger partial charge in [0.25, 0.3) is 5.91 Å². The molecule has 2 aromatic carbocycles. The molecule has 98 valence electrons. The quantitative estimate of drug-likeness (QED) is 0.766. The molecule has 2 rings (SSSR count). The Bertz CT molecular complexity index is 584. The first-order chi connectivity index (χ1) is 9.08. The molecule has 4 heteroatoms. The molecule has 0 aliphatic carbocycles. The van der Waals surface area contributed by atoms with Crippen LogP contribution >= 0.6 is 31.9 Å². The molecule has 0 aliphatic heterocycles. The molecule has 0 fully saturated rings. The van der Waals surface area contributed by atoms with Gasteiger partial charge < -0.3 is 4.90 Å². The Kier molecular flexibility index (Phi) is 4.77. The SMILES string of the molecule is CN(Cc1ccccc1)C(=O)c1ccc(Br)cc1Br. The summed E-state index contributed by atoms with van der Waals surface area (Å²) in [5.74, 6) is 0.00299. The van der Waals surface area contributed by atoms with Gasteiger partial charge in [0.05, 0.1) is 5.56 Å². The second kappa shape index (κ2) is 6.35. The maximum Gasteiger partial charge on any atom is 0.255 e. The lowest BCUT2D eigenvalue weighted by atomic mass is 10.1. The standard InChI is InChI=1S/C15H13Br2NO/c1-18(10-11-5-3-2-4-6-11)15(19)13-8-7-12(16)9-14(13)17/h2-9H,10H2,1H3. The van der Waals surface area contributed by atoms with Crippen LogP contribution in [0.15, 0.2) is 57.5 Å². The van der Waals surface area contributed by atoms with E-state index in [4.69, 9.17) is 0 Å². The van der Waals surface area contributed by atoms with Crippen LogP contribution in [0.3, 0.4) is 0 Å². The van der Waals surface area contributed by atoms with E-state index in [0.29, 0.717) is 12.1 Å². The number of nitrogens with zero attached hydrogens (tertiary/aromatic N) is 1. The van der Waals surface area contributed by atoms with Gasteiger partial charge in [-0.2, -0.15) is 0 Å². The van der Waals surface area contributed by atoms with Crippen LogP contribution in [0, 0.1) is 0 Å². The van der Waals surface area contributed by atoms with E-state index in [1.165, 1.54) is 0 Å². The van der Waals surface area contributed by atoms with Gasteiger partial charge in [-0.3, -0.25) is 4.79 Å². The van der Waals surface area contributed by atoms with Crippen molar-refractivity contribution in [2.45, 2.75) is 6.54 Å². The van der Waals surface area contributed by atoms with Gasteiger partial charge in [0.15, 0.2) is 0 Å². The first kappa shape index (κ1) is 14.3. The Morgan fingerprint density at radius 1 is 1.11 bits per heavy atom. The fraction of sp³-hybridized carbons (Fsp3) is 0.133. The lowest BCUT2D eigenvalue weighted by Gasteiger charge is -2.18. The lowest BCUT2D eigenvalue weighted by Crippen LogP contribution is -2.26. The number of hydrogen-bond acceptors (Lipinski definition) is 1. The van der Waals surface area contributed by atoms with Gasteiger partial charge in [0.2, 0.25) is 0 Å². The minimum absolute atomic E-state index is 0.00299. The molecule has 0 bridgehead atoms. The molecule has 0 unspecified atom stereocenters. The van der Waals surface area contributed by atoms with Crippen molar-refractivity contribution in [3.63, 3.8) is 0 Å². The fourth-order valence-electron chi connectivity index (χ4n) is 1.80. The van der Waals surface area contributed by atoms with E-state index in [1.54, 1.807) is 4.90 Å². The van der Waals surface area contributed by atoms with E-state index in [9.17, 15) is 4.79 Å². The molecule has 19 heavy (non-hydrogen) atoms. The van der Waals surface area contributed by atoms with Crippen molar-refractivity contribution in [3.8, 4) is 0 Å². The summed E-state index contributed by atoms with van der Waals surface area (Å²) in [6.07, 6.45) is 0. The van der Waals surface area contributed by atoms with E-state index in [0.717, 1.165) is 14.5 Å². The number of amides is 1. The summed E-state index contributed by atoms with van der Waals surface area (Å²) in [5.41, 5.74) is 1.79. The Morgan fingerprint density at radius 2 is 1.79 bits per heavy atom. The number of carbonyl (C=O) groups excluding carboxylic acids is 1. The average molecular weight is 383 g/mol. The highest BCUT2D eigenvalue weighted by Crippen LogP contribution is 2.23. The molecule has 0 aromatic heterocycles. The molecule has 0 N–H and O–H groups in total. The molecule has 0 heterocycles. The van der Waals surface area contributed by atoms with Gasteiger partial charge in [0, 0.05) is 22.5 Å². The van der Waals surface area contributed by atoms with Crippen LogP contribution in [-0.2, 0) is 6.54 Å². The minimum Gasteiger partial charge on any atom is -0.337 e. The first-order valence-corrected chi connectivity index (χ1v) is 7.41. The Labute approximate surface area is 129 Å². The van der Waals surface area contributed by atoms with Gasteiger partial charge in [-0.05, 0) is 39.7 Å². The van der Waals surface area contributed by atoms with Crippen molar-refractivity contribution in [3.05, 3.63) is 68.6 Å². The van der Waals surface area contributed by atoms with E-state index in [2.05, 4.69) is 31.9 Å². The monoisotopic (exact) mass is 381 g/mol. The van der Waals surface area contributed by atoms with Gasteiger partial charge >= 0.3 is 0 Å². The molecule has 0 aliphatic rings. The lowest BCUT2D eigenvalue weighted by molar-refractivity contribution is 0.0784. The predicted molar refractivity (Wildman–Crippen MR) is 84.1 cm³/mol. The van der Waals surface area contributed by atoms with E-state index >= 15 is 0 Å². The van der Waals surface area contributed by atoms with Gasteiger partial charge in [-0.15, -0.1) is 0 Å². The number of carbonyl (C=O) groups is 1. The summed E-state index contributed by atoms with van der Waals surface area (Å²) in [6.45, 7) is 0.599. The molecular weight excluding hydrogens is 370 g/mol.